The van der Waals surface area contributed by atoms with Gasteiger partial charge in [0.05, 0.1) is 13.2 Å². The second-order valence-electron chi connectivity index (χ2n) is 5.55. The van der Waals surface area contributed by atoms with Crippen LogP contribution in [0.1, 0.15) is 27.7 Å². The third kappa shape index (κ3) is 19.8. The molecule has 14 nitrogen and oxygen atoms in total. The molecule has 0 rings (SSSR count). The van der Waals surface area contributed by atoms with Gasteiger partial charge in [-0.05, 0) is 19.9 Å². The monoisotopic (exact) mass is 480 g/mol. The summed E-state index contributed by atoms with van der Waals surface area (Å²) >= 11 is 0. The third-order valence-electron chi connectivity index (χ3n) is 2.20. The molecule has 0 aromatic carbocycles. The fourth-order valence-electron chi connectivity index (χ4n) is 1.29. The molecule has 5 N–H and O–H groups in total. The molecule has 30 heavy (non-hydrogen) atoms. The number of rotatable bonds is 13. The lowest BCUT2D eigenvalue weighted by molar-refractivity contribution is -0.149. The maximum atomic E-state index is 12.1. The van der Waals surface area contributed by atoms with E-state index in [4.69, 9.17) is 19.9 Å². The van der Waals surface area contributed by atoms with Crippen LogP contribution in [0.3, 0.4) is 0 Å². The number of amides is 1. The fraction of sp³-hybridized carbons (Fsp3) is 0.786. The van der Waals surface area contributed by atoms with E-state index < -0.39 is 59.1 Å². The van der Waals surface area contributed by atoms with Gasteiger partial charge in [-0.15, -0.1) is 0 Å². The summed E-state index contributed by atoms with van der Waals surface area (Å²) in [4.78, 5) is 42.2. The minimum Gasteiger partial charge on any atom is -0.480 e. The molecule has 0 aromatic rings. The number of aliphatic carboxylic acids is 1. The molecule has 0 saturated heterocycles. The molecule has 0 aliphatic heterocycles. The van der Waals surface area contributed by atoms with E-state index in [-0.39, 0.29) is 13.2 Å². The molecule has 0 bridgehead atoms. The number of nitrogens with two attached hydrogens (primary N) is 1. The van der Waals surface area contributed by atoms with Gasteiger partial charge in [-0.1, -0.05) is 13.8 Å². The van der Waals surface area contributed by atoms with Gasteiger partial charge in [0, 0.05) is 0 Å². The second-order valence-corrected chi connectivity index (χ2v) is 9.46. The number of alkyl carbamates (subject to hydrolysis) is 1. The first kappa shape index (κ1) is 30.7. The van der Waals surface area contributed by atoms with Crippen molar-refractivity contribution in [2.45, 2.75) is 33.7 Å². The van der Waals surface area contributed by atoms with Crippen LogP contribution in [0.25, 0.3) is 0 Å². The molecule has 0 saturated carbocycles. The summed E-state index contributed by atoms with van der Waals surface area (Å²) in [5, 5.41) is 10.1. The fourth-order valence-corrected chi connectivity index (χ4v) is 3.48. The first-order valence-corrected chi connectivity index (χ1v) is 12.1. The average Bonchev–Trinajstić information content (AvgIpc) is 2.58. The second kappa shape index (κ2) is 16.2. The van der Waals surface area contributed by atoms with Crippen LogP contribution in [0.5, 0.6) is 0 Å². The van der Waals surface area contributed by atoms with Gasteiger partial charge < -0.3 is 39.6 Å². The third-order valence-corrected chi connectivity index (χ3v) is 5.24. The Morgan fingerprint density at radius 3 is 1.97 bits per heavy atom. The van der Waals surface area contributed by atoms with Gasteiger partial charge in [-0.3, -0.25) is 18.4 Å². The van der Waals surface area contributed by atoms with Crippen LogP contribution >= 0.6 is 15.2 Å². The zero-order chi connectivity index (χ0) is 23.8. The Bertz CT molecular complexity index is 615. The largest absolute Gasteiger partial charge is 0.480 e. The van der Waals surface area contributed by atoms with Crippen molar-refractivity contribution in [3.63, 3.8) is 0 Å². The molecule has 1 amide bonds. The van der Waals surface area contributed by atoms with Crippen LogP contribution in [-0.4, -0.2) is 73.1 Å². The molecule has 1 atom stereocenters. The highest BCUT2D eigenvalue weighted by Gasteiger charge is 2.29. The molecular formula is C14H30N2O12P2. The van der Waals surface area contributed by atoms with Gasteiger partial charge in [-0.25, -0.2) is 9.59 Å². The number of carboxylic acids is 1. The maximum Gasteiger partial charge on any atom is 0.410 e. The van der Waals surface area contributed by atoms with Crippen molar-refractivity contribution in [2.75, 3.05) is 39.1 Å². The standard InChI is InChI=1S/C11H21NO12P2.C3H9N/c1-3-22-26(19,23-4-2)6-10(15)20-8-21-11(16)12-7-25(17,18)24-5-9(13)14;1-3(2)4/h3-8H2,1-2H3,(H,12,16)(H,13,14)(H,17,18);3H,4H2,1-2H3. The Kier molecular flexibility index (Phi) is 16.6. The van der Waals surface area contributed by atoms with E-state index in [1.165, 1.54) is 0 Å². The number of carboxylic acid groups (broad SMARTS) is 1. The number of hydrogen-bond donors (Lipinski definition) is 4. The smallest absolute Gasteiger partial charge is 0.410 e. The average molecular weight is 480 g/mol. The molecule has 0 spiro atoms. The Hall–Kier alpha value is -1.53. The van der Waals surface area contributed by atoms with Gasteiger partial charge in [0.2, 0.25) is 6.79 Å². The van der Waals surface area contributed by atoms with E-state index in [1.54, 1.807) is 13.8 Å². The Balaban J connectivity index is 0. The van der Waals surface area contributed by atoms with Crippen molar-refractivity contribution < 1.29 is 56.6 Å². The lowest BCUT2D eigenvalue weighted by atomic mass is 10.5. The van der Waals surface area contributed by atoms with Crippen LogP contribution in [0, 0.1) is 0 Å². The molecule has 0 fully saturated rings. The predicted molar refractivity (Wildman–Crippen MR) is 104 cm³/mol. The molecule has 0 heterocycles. The molecule has 0 radical (unpaired) electrons. The SMILES string of the molecule is CC(C)N.CCOP(=O)(CC(=O)OCOC(=O)NCP(=O)(O)OCC(=O)O)OCC. The van der Waals surface area contributed by atoms with Crippen molar-refractivity contribution in [3.8, 4) is 0 Å². The minimum absolute atomic E-state index is 0.0502. The van der Waals surface area contributed by atoms with E-state index in [9.17, 15) is 28.4 Å². The van der Waals surface area contributed by atoms with Gasteiger partial charge in [-0.2, -0.15) is 0 Å². The highest BCUT2D eigenvalue weighted by atomic mass is 31.2. The molecule has 16 heteroatoms. The van der Waals surface area contributed by atoms with Crippen molar-refractivity contribution >= 4 is 33.2 Å². The van der Waals surface area contributed by atoms with Crippen molar-refractivity contribution in [1.82, 2.24) is 5.32 Å². The lowest BCUT2D eigenvalue weighted by Gasteiger charge is -2.16. The van der Waals surface area contributed by atoms with Crippen molar-refractivity contribution in [2.24, 2.45) is 5.73 Å². The lowest BCUT2D eigenvalue weighted by Crippen LogP contribution is -2.28. The first-order chi connectivity index (χ1) is 13.8. The summed E-state index contributed by atoms with van der Waals surface area (Å²) < 4.78 is 46.3. The number of esters is 1. The summed E-state index contributed by atoms with van der Waals surface area (Å²) in [6.45, 7) is 5.22. The normalized spacial score (nSPS) is 12.9. The van der Waals surface area contributed by atoms with Crippen LogP contribution in [0.15, 0.2) is 0 Å². The minimum atomic E-state index is -4.37. The molecule has 1 unspecified atom stereocenters. The van der Waals surface area contributed by atoms with E-state index in [0.717, 1.165) is 0 Å². The number of carbonyl (C=O) groups is 3. The molecule has 0 aromatic heterocycles. The van der Waals surface area contributed by atoms with Gasteiger partial charge in [0.25, 0.3) is 0 Å². The summed E-state index contributed by atoms with van der Waals surface area (Å²) in [6, 6.07) is 0.333. The summed E-state index contributed by atoms with van der Waals surface area (Å²) in [7, 11) is -8.02. The molecule has 0 aliphatic rings. The maximum absolute atomic E-state index is 12.1. The van der Waals surface area contributed by atoms with Crippen LogP contribution in [0.4, 0.5) is 4.79 Å². The number of carbonyl (C=O) groups excluding carboxylic acids is 2. The van der Waals surface area contributed by atoms with Gasteiger partial charge in [0.1, 0.15) is 12.4 Å². The van der Waals surface area contributed by atoms with Gasteiger partial charge in [0.15, 0.2) is 6.61 Å². The number of ether oxygens (including phenoxy) is 2. The van der Waals surface area contributed by atoms with Crippen LogP contribution in [-0.2, 0) is 41.8 Å². The highest BCUT2D eigenvalue weighted by Crippen LogP contribution is 2.47. The van der Waals surface area contributed by atoms with Gasteiger partial charge >= 0.3 is 33.2 Å². The summed E-state index contributed by atoms with van der Waals surface area (Å²) in [5.74, 6) is -2.48. The molecular weight excluding hydrogens is 450 g/mol. The van der Waals surface area contributed by atoms with Crippen LogP contribution in [0.2, 0.25) is 0 Å². The van der Waals surface area contributed by atoms with E-state index >= 15 is 0 Å². The summed E-state index contributed by atoms with van der Waals surface area (Å²) in [5.41, 5.74) is 5.11. The zero-order valence-corrected chi connectivity index (χ0v) is 19.1. The summed E-state index contributed by atoms with van der Waals surface area (Å²) in [6.07, 6.45) is -2.84. The number of nitrogens with one attached hydrogen (secondary N) is 1. The Morgan fingerprint density at radius 1 is 1.03 bits per heavy atom. The zero-order valence-electron chi connectivity index (χ0n) is 17.3. The van der Waals surface area contributed by atoms with E-state index in [1.807, 2.05) is 19.2 Å². The molecule has 0 aliphatic carbocycles. The highest BCUT2D eigenvalue weighted by molar-refractivity contribution is 7.54. The number of hydrogen-bond acceptors (Lipinski definition) is 11. The first-order valence-electron chi connectivity index (χ1n) is 8.65. The van der Waals surface area contributed by atoms with E-state index in [2.05, 4.69) is 14.0 Å². The Morgan fingerprint density at radius 2 is 1.53 bits per heavy atom. The predicted octanol–water partition coefficient (Wildman–Crippen LogP) is 1.08. The van der Waals surface area contributed by atoms with Crippen molar-refractivity contribution in [3.05, 3.63) is 0 Å². The van der Waals surface area contributed by atoms with E-state index in [0.29, 0.717) is 6.04 Å². The molecule has 178 valence electrons. The quantitative estimate of drug-likeness (QED) is 0.165. The van der Waals surface area contributed by atoms with Crippen molar-refractivity contribution in [1.29, 1.82) is 0 Å². The Labute approximate surface area is 174 Å². The van der Waals surface area contributed by atoms with Crippen LogP contribution < -0.4 is 11.1 Å². The topological polar surface area (TPSA) is 210 Å².